The van der Waals surface area contributed by atoms with E-state index in [0.717, 1.165) is 13.8 Å². The first-order chi connectivity index (χ1) is 24.1. The molecule has 4 aliphatic rings. The fraction of sp³-hybridized carbons (Fsp3) is 0.929. The average Bonchev–Trinajstić information content (AvgIpc) is 3.08. The fourth-order valence-electron chi connectivity index (χ4n) is 6.34. The van der Waals surface area contributed by atoms with Gasteiger partial charge in [0.25, 0.3) is 0 Å². The first-order valence-electron chi connectivity index (χ1n) is 16.1. The number of amides is 2. The maximum absolute atomic E-state index is 12.4. The second-order valence-corrected chi connectivity index (χ2v) is 12.6. The molecule has 2 amide bonds. The zero-order valence-corrected chi connectivity index (χ0v) is 27.4. The molecule has 0 bridgehead atoms. The van der Waals surface area contributed by atoms with E-state index < -0.39 is 161 Å². The number of rotatable bonds is 12. The normalized spacial score (nSPS) is 47.8. The van der Waals surface area contributed by atoms with Crippen molar-refractivity contribution in [3.63, 3.8) is 0 Å². The third-order valence-corrected chi connectivity index (χ3v) is 9.01. The highest BCUT2D eigenvalue weighted by Gasteiger charge is 2.56. The predicted octanol–water partition coefficient (Wildman–Crippen LogP) is -9.46. The molecule has 4 saturated heterocycles. The summed E-state index contributed by atoms with van der Waals surface area (Å²) >= 11 is 0. The minimum absolute atomic E-state index is 0.691. The average molecular weight is 749 g/mol. The van der Waals surface area contributed by atoms with Crippen molar-refractivity contribution in [1.29, 1.82) is 0 Å². The molecular weight excluding hydrogens is 700 g/mol. The van der Waals surface area contributed by atoms with Crippen LogP contribution in [0.4, 0.5) is 0 Å². The fourth-order valence-corrected chi connectivity index (χ4v) is 6.34. The van der Waals surface area contributed by atoms with E-state index in [1.54, 1.807) is 0 Å². The lowest BCUT2D eigenvalue weighted by Crippen LogP contribution is -2.71. The number of hydrogen-bond donors (Lipinski definition) is 14. The molecule has 20 atom stereocenters. The monoisotopic (exact) mass is 748 g/mol. The third-order valence-electron chi connectivity index (χ3n) is 9.01. The lowest BCUT2D eigenvalue weighted by molar-refractivity contribution is -0.377. The van der Waals surface area contributed by atoms with E-state index in [1.807, 2.05) is 0 Å². The van der Waals surface area contributed by atoms with Crippen molar-refractivity contribution in [1.82, 2.24) is 10.6 Å². The van der Waals surface area contributed by atoms with Gasteiger partial charge in [0, 0.05) is 13.8 Å². The third kappa shape index (κ3) is 9.11. The van der Waals surface area contributed by atoms with Crippen molar-refractivity contribution in [3.05, 3.63) is 0 Å². The molecular formula is C28H48N2O21. The standard InChI is InChI=1S/C28H48N2O21/c1-7(35)29-13-22(16(38)10(4-32)45-25(13)44)49-26-14(30-8(2)36)23(17(39)11(5-33)46-26)50-28-21(43)24(18(40)12(6-34)48-28)51-27-20(42)19(41)15(37)9(3-31)47-27/h9-28,31-34,37-44H,3-6H2,1-2H3,(H,29,35)(H,30,36)/t9-,10-,11-,12-,13-,14-,15+,16+,17+,18+,19+,20-,21-,22-,23-,24+,25+,26-,27-,28+/m1/s1. The van der Waals surface area contributed by atoms with Crippen LogP contribution in [0.5, 0.6) is 0 Å². The summed E-state index contributed by atoms with van der Waals surface area (Å²) in [5, 5.41) is 130. The predicted molar refractivity (Wildman–Crippen MR) is 157 cm³/mol. The summed E-state index contributed by atoms with van der Waals surface area (Å²) in [7, 11) is 0. The highest BCUT2D eigenvalue weighted by atomic mass is 16.8. The summed E-state index contributed by atoms with van der Waals surface area (Å²) in [5.74, 6) is -1.46. The van der Waals surface area contributed by atoms with Gasteiger partial charge in [0.1, 0.15) is 97.5 Å². The van der Waals surface area contributed by atoms with Crippen molar-refractivity contribution in [2.45, 2.75) is 137 Å². The molecule has 4 heterocycles. The van der Waals surface area contributed by atoms with Crippen molar-refractivity contribution in [2.75, 3.05) is 26.4 Å². The molecule has 14 N–H and O–H groups in total. The summed E-state index contributed by atoms with van der Waals surface area (Å²) in [6.45, 7) is -1.31. The molecule has 51 heavy (non-hydrogen) atoms. The van der Waals surface area contributed by atoms with Gasteiger partial charge in [-0.3, -0.25) is 9.59 Å². The molecule has 4 rings (SSSR count). The van der Waals surface area contributed by atoms with Gasteiger partial charge in [0.05, 0.1) is 26.4 Å². The minimum atomic E-state index is -2.07. The SMILES string of the molecule is CC(=O)N[C@@H]1[C@@H](O[C@H]2O[C@H](CO)[C@H](O)[C@H](O[C@@H]3O[C@H](CO)[C@H](O)[C@H](O[C@H]4O[C@H](CO)[C@H](O)[C@H](O)[C@H]4O)[C@H]3O)[C@H]2NC(C)=O)[C@@H](O)[C@@H](CO)O[C@@H]1O. The molecule has 0 unspecified atom stereocenters. The lowest BCUT2D eigenvalue weighted by atomic mass is 9.93. The summed E-state index contributed by atoms with van der Waals surface area (Å²) in [5.41, 5.74) is 0. The van der Waals surface area contributed by atoms with Crippen LogP contribution in [-0.4, -0.2) is 222 Å². The summed E-state index contributed by atoms with van der Waals surface area (Å²) in [6, 6.07) is -3.10. The smallest absolute Gasteiger partial charge is 0.217 e. The Morgan fingerprint density at radius 2 is 0.843 bits per heavy atom. The second kappa shape index (κ2) is 18.0. The molecule has 0 spiro atoms. The number of ether oxygens (including phenoxy) is 7. The summed E-state index contributed by atoms with van der Waals surface area (Å²) in [6.07, 6.45) is -31.9. The summed E-state index contributed by atoms with van der Waals surface area (Å²) in [4.78, 5) is 24.3. The van der Waals surface area contributed by atoms with E-state index in [4.69, 9.17) is 33.2 Å². The Kier molecular flexibility index (Phi) is 14.8. The van der Waals surface area contributed by atoms with Crippen LogP contribution in [0.15, 0.2) is 0 Å². The van der Waals surface area contributed by atoms with Crippen LogP contribution < -0.4 is 10.6 Å². The van der Waals surface area contributed by atoms with Crippen molar-refractivity contribution >= 4 is 11.8 Å². The van der Waals surface area contributed by atoms with Crippen molar-refractivity contribution in [2.24, 2.45) is 0 Å². The molecule has 296 valence electrons. The molecule has 0 aliphatic carbocycles. The summed E-state index contributed by atoms with van der Waals surface area (Å²) < 4.78 is 39.2. The van der Waals surface area contributed by atoms with Crippen LogP contribution in [0.3, 0.4) is 0 Å². The molecule has 23 nitrogen and oxygen atoms in total. The van der Waals surface area contributed by atoms with Crippen LogP contribution in [0, 0.1) is 0 Å². The second-order valence-electron chi connectivity index (χ2n) is 12.6. The maximum Gasteiger partial charge on any atom is 0.217 e. The van der Waals surface area contributed by atoms with Crippen LogP contribution in [0.25, 0.3) is 0 Å². The van der Waals surface area contributed by atoms with Crippen LogP contribution in [-0.2, 0) is 42.7 Å². The molecule has 0 aromatic heterocycles. The Hall–Kier alpha value is -1.82. The number of carbonyl (C=O) groups is 2. The molecule has 23 heteroatoms. The topological polar surface area (TPSA) is 366 Å². The van der Waals surface area contributed by atoms with Crippen LogP contribution in [0.1, 0.15) is 13.8 Å². The van der Waals surface area contributed by atoms with E-state index in [9.17, 15) is 70.9 Å². The Morgan fingerprint density at radius 3 is 1.35 bits per heavy atom. The Balaban J connectivity index is 1.64. The van der Waals surface area contributed by atoms with Crippen molar-refractivity contribution < 1.29 is 104 Å². The molecule has 0 aromatic rings. The maximum atomic E-state index is 12.4. The number of nitrogens with one attached hydrogen (secondary N) is 2. The van der Waals surface area contributed by atoms with Crippen LogP contribution in [0.2, 0.25) is 0 Å². The zero-order valence-electron chi connectivity index (χ0n) is 27.4. The first-order valence-corrected chi connectivity index (χ1v) is 16.1. The number of aliphatic hydroxyl groups excluding tert-OH is 12. The molecule has 4 fully saturated rings. The van der Waals surface area contributed by atoms with E-state index in [0.29, 0.717) is 0 Å². The van der Waals surface area contributed by atoms with Gasteiger partial charge in [-0.25, -0.2) is 0 Å². The largest absolute Gasteiger partial charge is 0.394 e. The van der Waals surface area contributed by atoms with E-state index in [-0.39, 0.29) is 0 Å². The molecule has 4 aliphatic heterocycles. The van der Waals surface area contributed by atoms with E-state index in [2.05, 4.69) is 10.6 Å². The molecule has 0 radical (unpaired) electrons. The zero-order chi connectivity index (χ0) is 37.9. The number of aliphatic hydroxyl groups is 12. The minimum Gasteiger partial charge on any atom is -0.394 e. The Morgan fingerprint density at radius 1 is 0.471 bits per heavy atom. The highest BCUT2D eigenvalue weighted by Crippen LogP contribution is 2.34. The van der Waals surface area contributed by atoms with E-state index in [1.165, 1.54) is 0 Å². The number of hydrogen-bond acceptors (Lipinski definition) is 21. The Labute approximate surface area is 289 Å². The van der Waals surface area contributed by atoms with Gasteiger partial charge in [0.2, 0.25) is 11.8 Å². The first kappa shape index (κ1) is 41.9. The van der Waals surface area contributed by atoms with Gasteiger partial charge in [-0.15, -0.1) is 0 Å². The van der Waals surface area contributed by atoms with E-state index >= 15 is 0 Å². The quantitative estimate of drug-likeness (QED) is 0.0881. The van der Waals surface area contributed by atoms with Gasteiger partial charge < -0.3 is 105 Å². The van der Waals surface area contributed by atoms with Crippen molar-refractivity contribution in [3.8, 4) is 0 Å². The van der Waals surface area contributed by atoms with Gasteiger partial charge in [0.15, 0.2) is 25.2 Å². The van der Waals surface area contributed by atoms with Gasteiger partial charge in [-0.2, -0.15) is 0 Å². The van der Waals surface area contributed by atoms with Gasteiger partial charge in [-0.1, -0.05) is 0 Å². The highest BCUT2D eigenvalue weighted by molar-refractivity contribution is 5.73. The van der Waals surface area contributed by atoms with Gasteiger partial charge >= 0.3 is 0 Å². The van der Waals surface area contributed by atoms with Gasteiger partial charge in [-0.05, 0) is 0 Å². The molecule has 0 aromatic carbocycles. The Bertz CT molecular complexity index is 1140. The number of carbonyl (C=O) groups excluding carboxylic acids is 2. The van der Waals surface area contributed by atoms with Crippen LogP contribution >= 0.6 is 0 Å². The lowest BCUT2D eigenvalue weighted by Gasteiger charge is -2.50. The molecule has 0 saturated carbocycles.